The Hall–Kier alpha value is -2.06. The lowest BCUT2D eigenvalue weighted by atomic mass is 10.0. The van der Waals surface area contributed by atoms with Crippen LogP contribution < -0.4 is 5.32 Å². The van der Waals surface area contributed by atoms with Gasteiger partial charge in [0.1, 0.15) is 5.69 Å². The van der Waals surface area contributed by atoms with E-state index in [0.717, 1.165) is 5.69 Å². The maximum Gasteiger partial charge on any atom is 0.273 e. The predicted octanol–water partition coefficient (Wildman–Crippen LogP) is 0.650. The molecule has 1 aliphatic rings. The largest absolute Gasteiger partial charge is 0.391 e. The van der Waals surface area contributed by atoms with E-state index in [1.54, 1.807) is 35.9 Å². The van der Waals surface area contributed by atoms with Crippen LogP contribution in [0.15, 0.2) is 24.0 Å². The highest BCUT2D eigenvalue weighted by Crippen LogP contribution is 2.23. The maximum atomic E-state index is 12.4. The number of rotatable bonds is 4. The Morgan fingerprint density at radius 3 is 3.05 bits per heavy atom. The van der Waals surface area contributed by atoms with Crippen molar-refractivity contribution in [2.45, 2.75) is 12.5 Å². The highest BCUT2D eigenvalue weighted by molar-refractivity contribution is 7.13. The van der Waals surface area contributed by atoms with Crippen molar-refractivity contribution in [3.63, 3.8) is 0 Å². The second kappa shape index (κ2) is 6.37. The summed E-state index contributed by atoms with van der Waals surface area (Å²) in [5.41, 5.74) is 1.24. The van der Waals surface area contributed by atoms with Gasteiger partial charge in [0.2, 0.25) is 0 Å². The molecule has 0 saturated carbocycles. The fourth-order valence-electron chi connectivity index (χ4n) is 2.57. The van der Waals surface area contributed by atoms with E-state index in [9.17, 15) is 9.90 Å². The van der Waals surface area contributed by atoms with Crippen LogP contribution in [0.5, 0.6) is 0 Å². The van der Waals surface area contributed by atoms with Crippen molar-refractivity contribution < 1.29 is 9.90 Å². The minimum Gasteiger partial charge on any atom is -0.391 e. The van der Waals surface area contributed by atoms with Gasteiger partial charge in [0.25, 0.3) is 5.91 Å². The van der Waals surface area contributed by atoms with Crippen molar-refractivity contribution in [2.24, 2.45) is 5.92 Å². The molecular formula is C14H17N5O2S. The molecular weight excluding hydrogens is 302 g/mol. The van der Waals surface area contributed by atoms with Crippen LogP contribution in [0.4, 0.5) is 5.13 Å². The molecule has 116 valence electrons. The van der Waals surface area contributed by atoms with Crippen LogP contribution in [0.25, 0.3) is 0 Å². The Balaban J connectivity index is 1.66. The van der Waals surface area contributed by atoms with Gasteiger partial charge in [0.15, 0.2) is 5.13 Å². The van der Waals surface area contributed by atoms with Gasteiger partial charge in [0.05, 0.1) is 11.8 Å². The quantitative estimate of drug-likeness (QED) is 0.860. The number of aromatic nitrogens is 3. The van der Waals surface area contributed by atoms with Crippen LogP contribution in [0.3, 0.4) is 0 Å². The van der Waals surface area contributed by atoms with Crippen LogP contribution in [0, 0.1) is 5.92 Å². The summed E-state index contributed by atoms with van der Waals surface area (Å²) >= 11 is 1.39. The number of β-amino-alcohol motifs (C(OH)–C–C–N with tert-alkyl or cyclic N) is 1. The summed E-state index contributed by atoms with van der Waals surface area (Å²) in [4.78, 5) is 26.5. The highest BCUT2D eigenvalue weighted by Gasteiger charge is 2.35. The summed E-state index contributed by atoms with van der Waals surface area (Å²) in [5.74, 6) is -0.165. The lowest BCUT2D eigenvalue weighted by Crippen LogP contribution is -2.29. The molecule has 1 fully saturated rings. The van der Waals surface area contributed by atoms with Crippen LogP contribution in [0.2, 0.25) is 0 Å². The number of aliphatic hydroxyl groups excluding tert-OH is 1. The molecule has 0 spiro atoms. The predicted molar refractivity (Wildman–Crippen MR) is 82.8 cm³/mol. The van der Waals surface area contributed by atoms with Gasteiger partial charge < -0.3 is 15.3 Å². The van der Waals surface area contributed by atoms with E-state index in [0.29, 0.717) is 30.3 Å². The number of hydrogen-bond acceptors (Lipinski definition) is 7. The van der Waals surface area contributed by atoms with Crippen LogP contribution in [-0.4, -0.2) is 57.1 Å². The molecule has 3 heterocycles. The van der Waals surface area contributed by atoms with Crippen molar-refractivity contribution in [1.82, 2.24) is 19.9 Å². The molecule has 7 nitrogen and oxygen atoms in total. The van der Waals surface area contributed by atoms with E-state index >= 15 is 0 Å². The zero-order valence-electron chi connectivity index (χ0n) is 12.1. The van der Waals surface area contributed by atoms with Gasteiger partial charge in [-0.15, -0.1) is 11.3 Å². The normalized spacial score (nSPS) is 21.1. The van der Waals surface area contributed by atoms with Crippen molar-refractivity contribution in [2.75, 3.05) is 25.5 Å². The van der Waals surface area contributed by atoms with Crippen molar-refractivity contribution in [3.8, 4) is 0 Å². The van der Waals surface area contributed by atoms with Gasteiger partial charge in [-0.05, 0) is 6.42 Å². The zero-order valence-corrected chi connectivity index (χ0v) is 13.0. The second-order valence-corrected chi connectivity index (χ2v) is 6.08. The lowest BCUT2D eigenvalue weighted by molar-refractivity contribution is 0.0760. The molecule has 0 aliphatic carbocycles. The fourth-order valence-corrected chi connectivity index (χ4v) is 3.22. The molecule has 2 aromatic rings. The number of aliphatic hydroxyl groups is 1. The summed E-state index contributed by atoms with van der Waals surface area (Å²) in [5, 5.41) is 15.6. The summed E-state index contributed by atoms with van der Waals surface area (Å²) in [6.45, 7) is 0.833. The average Bonchev–Trinajstić information content (AvgIpc) is 3.15. The van der Waals surface area contributed by atoms with E-state index in [2.05, 4.69) is 20.3 Å². The molecule has 2 N–H and O–H groups in total. The summed E-state index contributed by atoms with van der Waals surface area (Å²) in [7, 11) is 1.77. The number of carbonyl (C=O) groups is 1. The molecule has 22 heavy (non-hydrogen) atoms. The van der Waals surface area contributed by atoms with Crippen molar-refractivity contribution in [1.29, 1.82) is 0 Å². The van der Waals surface area contributed by atoms with Crippen molar-refractivity contribution >= 4 is 22.4 Å². The average molecular weight is 319 g/mol. The van der Waals surface area contributed by atoms with Gasteiger partial charge in [0, 0.05) is 50.0 Å². The second-order valence-electron chi connectivity index (χ2n) is 5.23. The van der Waals surface area contributed by atoms with E-state index in [1.165, 1.54) is 11.3 Å². The van der Waals surface area contributed by atoms with Gasteiger partial charge in [-0.1, -0.05) is 0 Å². The summed E-state index contributed by atoms with van der Waals surface area (Å²) < 4.78 is 0. The molecule has 2 aromatic heterocycles. The molecule has 0 bridgehead atoms. The molecule has 0 unspecified atom stereocenters. The monoisotopic (exact) mass is 319 g/mol. The number of thiazole rings is 1. The van der Waals surface area contributed by atoms with E-state index in [4.69, 9.17) is 0 Å². The number of likely N-dealkylation sites (tertiary alicyclic amines) is 1. The van der Waals surface area contributed by atoms with Gasteiger partial charge in [-0.2, -0.15) is 0 Å². The topological polar surface area (TPSA) is 91.2 Å². The standard InChI is InChI=1S/C14H17N5O2S/c1-15-14-18-11(8-22-14)13(21)19-6-9(12(20)7-19)4-10-5-16-2-3-17-10/h2-3,5,8-9,12,20H,4,6-7H2,1H3,(H,15,18)/t9-,12-/m1/s1. The minimum atomic E-state index is -0.548. The third-order valence-electron chi connectivity index (χ3n) is 3.72. The first-order valence-corrected chi connectivity index (χ1v) is 7.91. The Morgan fingerprint density at radius 2 is 2.36 bits per heavy atom. The Bertz CT molecular complexity index is 648. The molecule has 8 heteroatoms. The van der Waals surface area contributed by atoms with Crippen LogP contribution >= 0.6 is 11.3 Å². The summed E-state index contributed by atoms with van der Waals surface area (Å²) in [6.07, 6.45) is 5.00. The highest BCUT2D eigenvalue weighted by atomic mass is 32.1. The Morgan fingerprint density at radius 1 is 1.50 bits per heavy atom. The lowest BCUT2D eigenvalue weighted by Gasteiger charge is -2.14. The molecule has 1 amide bonds. The molecule has 1 aliphatic heterocycles. The summed E-state index contributed by atoms with van der Waals surface area (Å²) in [6, 6.07) is 0. The number of amides is 1. The SMILES string of the molecule is CNc1nc(C(=O)N2C[C@@H](Cc3cnccn3)[C@H](O)C2)cs1. The van der Waals surface area contributed by atoms with Crippen LogP contribution in [-0.2, 0) is 6.42 Å². The molecule has 2 atom stereocenters. The van der Waals surface area contributed by atoms with Gasteiger partial charge in [-0.3, -0.25) is 14.8 Å². The maximum absolute atomic E-state index is 12.4. The number of nitrogens with one attached hydrogen (secondary N) is 1. The first-order chi connectivity index (χ1) is 10.7. The molecule has 0 radical (unpaired) electrons. The van der Waals surface area contributed by atoms with Gasteiger partial charge in [-0.25, -0.2) is 4.98 Å². The molecule has 1 saturated heterocycles. The smallest absolute Gasteiger partial charge is 0.273 e. The first-order valence-electron chi connectivity index (χ1n) is 7.03. The first kappa shape index (κ1) is 14.9. The Labute approximate surface area is 132 Å². The van der Waals surface area contributed by atoms with Crippen LogP contribution in [0.1, 0.15) is 16.2 Å². The number of carbonyl (C=O) groups excluding carboxylic acids is 1. The fraction of sp³-hybridized carbons (Fsp3) is 0.429. The molecule has 3 rings (SSSR count). The molecule has 0 aromatic carbocycles. The zero-order chi connectivity index (χ0) is 15.5. The number of hydrogen-bond donors (Lipinski definition) is 2. The van der Waals surface area contributed by atoms with Crippen molar-refractivity contribution in [3.05, 3.63) is 35.4 Å². The number of anilines is 1. The van der Waals surface area contributed by atoms with E-state index < -0.39 is 6.10 Å². The minimum absolute atomic E-state index is 0.0249. The third-order valence-corrected chi connectivity index (χ3v) is 4.58. The van der Waals surface area contributed by atoms with Gasteiger partial charge >= 0.3 is 0 Å². The number of nitrogens with zero attached hydrogens (tertiary/aromatic N) is 4. The van der Waals surface area contributed by atoms with E-state index in [1.807, 2.05) is 0 Å². The van der Waals surface area contributed by atoms with E-state index in [-0.39, 0.29) is 11.8 Å². The third kappa shape index (κ3) is 3.07. The Kier molecular flexibility index (Phi) is 4.30.